The van der Waals surface area contributed by atoms with Gasteiger partial charge < -0.3 is 14.9 Å². The second-order valence-electron chi connectivity index (χ2n) is 7.98. The molecule has 0 aliphatic heterocycles. The summed E-state index contributed by atoms with van der Waals surface area (Å²) in [6, 6.07) is 11.9. The lowest BCUT2D eigenvalue weighted by Crippen LogP contribution is -2.15. The van der Waals surface area contributed by atoms with Crippen LogP contribution in [0.25, 0.3) is 11.6 Å². The van der Waals surface area contributed by atoms with E-state index in [2.05, 4.69) is 43.1 Å². The minimum absolute atomic E-state index is 0.133. The van der Waals surface area contributed by atoms with Crippen molar-refractivity contribution in [1.29, 1.82) is 0 Å². The Morgan fingerprint density at radius 1 is 1.20 bits per heavy atom. The molecule has 0 aliphatic carbocycles. The number of carbonyl (C=O) groups is 1. The summed E-state index contributed by atoms with van der Waals surface area (Å²) < 4.78 is 13.2. The molecule has 1 aromatic carbocycles. The summed E-state index contributed by atoms with van der Waals surface area (Å²) >= 11 is 1.57. The Morgan fingerprint density at radius 2 is 1.97 bits per heavy atom. The molecule has 160 valence electrons. The van der Waals surface area contributed by atoms with Crippen molar-refractivity contribution in [2.45, 2.75) is 50.7 Å². The van der Waals surface area contributed by atoms with Crippen molar-refractivity contribution in [3.05, 3.63) is 48.2 Å². The molecular weight excluding hydrogens is 400 g/mol. The molecule has 0 bridgehead atoms. The zero-order valence-electron chi connectivity index (χ0n) is 17.6. The van der Waals surface area contributed by atoms with Gasteiger partial charge in [-0.25, -0.2) is 0 Å². The van der Waals surface area contributed by atoms with E-state index in [4.69, 9.17) is 14.9 Å². The zero-order chi connectivity index (χ0) is 21.6. The molecule has 0 aliphatic rings. The highest BCUT2D eigenvalue weighted by Crippen LogP contribution is 2.26. The van der Waals surface area contributed by atoms with Gasteiger partial charge in [0.05, 0.1) is 12.9 Å². The van der Waals surface area contributed by atoms with Crippen LogP contribution in [0, 0.1) is 0 Å². The first-order chi connectivity index (χ1) is 14.3. The van der Waals surface area contributed by atoms with Crippen molar-refractivity contribution in [1.82, 2.24) is 14.8 Å². The van der Waals surface area contributed by atoms with Gasteiger partial charge in [-0.3, -0.25) is 9.36 Å². The molecule has 30 heavy (non-hydrogen) atoms. The molecule has 2 N–H and O–H groups in total. The number of ether oxygens (including phenoxy) is 1. The van der Waals surface area contributed by atoms with Gasteiger partial charge in [0.25, 0.3) is 0 Å². The highest BCUT2D eigenvalue weighted by atomic mass is 32.2. The molecule has 2 aromatic heterocycles. The summed E-state index contributed by atoms with van der Waals surface area (Å²) in [7, 11) is 0. The van der Waals surface area contributed by atoms with Crippen molar-refractivity contribution < 1.29 is 13.9 Å². The molecule has 0 atom stereocenters. The predicted octanol–water partition coefficient (Wildman–Crippen LogP) is 4.27. The first-order valence-electron chi connectivity index (χ1n) is 9.96. The predicted molar refractivity (Wildman–Crippen MR) is 118 cm³/mol. The maximum Gasteiger partial charge on any atom is 0.219 e. The van der Waals surface area contributed by atoms with Crippen LogP contribution in [0.3, 0.4) is 0 Å². The van der Waals surface area contributed by atoms with Crippen molar-refractivity contribution >= 4 is 17.7 Å². The van der Waals surface area contributed by atoms with E-state index >= 15 is 0 Å². The summed E-state index contributed by atoms with van der Waals surface area (Å²) in [6.45, 7) is 7.61. The van der Waals surface area contributed by atoms with E-state index in [1.54, 1.807) is 24.1 Å². The molecule has 3 rings (SSSR count). The van der Waals surface area contributed by atoms with Gasteiger partial charge in [-0.05, 0) is 41.7 Å². The van der Waals surface area contributed by atoms with Gasteiger partial charge in [0.15, 0.2) is 16.7 Å². The Morgan fingerprint density at radius 3 is 2.60 bits per heavy atom. The standard InChI is InChI=1S/C22H28N4O3S/c1-22(2,3)16-7-9-17(10-8-16)28-14-5-15-30-21-25-24-20(18-6-4-13-29-18)26(21)12-11-19(23)27/h4,6-10,13H,5,11-12,14-15H2,1-3H3,(H2,23,27). The van der Waals surface area contributed by atoms with Gasteiger partial charge in [0.2, 0.25) is 5.91 Å². The monoisotopic (exact) mass is 428 g/mol. The molecule has 3 aromatic rings. The normalized spacial score (nSPS) is 11.6. The van der Waals surface area contributed by atoms with Crippen LogP contribution < -0.4 is 10.5 Å². The largest absolute Gasteiger partial charge is 0.494 e. The maximum atomic E-state index is 11.2. The fourth-order valence-electron chi connectivity index (χ4n) is 2.87. The Bertz CT molecular complexity index is 944. The van der Waals surface area contributed by atoms with Gasteiger partial charge in [0.1, 0.15) is 5.75 Å². The number of aromatic nitrogens is 3. The van der Waals surface area contributed by atoms with E-state index in [9.17, 15) is 4.79 Å². The number of furan rings is 1. The van der Waals surface area contributed by atoms with Gasteiger partial charge >= 0.3 is 0 Å². The van der Waals surface area contributed by atoms with Crippen molar-refractivity contribution in [2.75, 3.05) is 12.4 Å². The maximum absolute atomic E-state index is 11.2. The van der Waals surface area contributed by atoms with Gasteiger partial charge in [-0.1, -0.05) is 44.7 Å². The molecule has 0 saturated carbocycles. The van der Waals surface area contributed by atoms with Crippen LogP contribution in [0.15, 0.2) is 52.2 Å². The third-order valence-corrected chi connectivity index (χ3v) is 5.60. The molecule has 0 radical (unpaired) electrons. The second kappa shape index (κ2) is 9.84. The average Bonchev–Trinajstić information content (AvgIpc) is 3.35. The minimum Gasteiger partial charge on any atom is -0.494 e. The van der Waals surface area contributed by atoms with Crippen LogP contribution in [0.4, 0.5) is 0 Å². The lowest BCUT2D eigenvalue weighted by atomic mass is 9.87. The Labute approximate surface area is 181 Å². The number of nitrogens with two attached hydrogens (primary N) is 1. The highest BCUT2D eigenvalue weighted by molar-refractivity contribution is 7.99. The number of carbonyl (C=O) groups excluding carboxylic acids is 1. The van der Waals surface area contributed by atoms with E-state index in [1.807, 2.05) is 22.8 Å². The lowest BCUT2D eigenvalue weighted by Gasteiger charge is -2.19. The molecule has 0 fully saturated rings. The van der Waals surface area contributed by atoms with Crippen LogP contribution in [-0.4, -0.2) is 33.0 Å². The van der Waals surface area contributed by atoms with Crippen LogP contribution in [0.2, 0.25) is 0 Å². The number of hydrogen-bond donors (Lipinski definition) is 1. The highest BCUT2D eigenvalue weighted by Gasteiger charge is 2.17. The van der Waals surface area contributed by atoms with Gasteiger partial charge in [-0.15, -0.1) is 10.2 Å². The molecule has 8 heteroatoms. The van der Waals surface area contributed by atoms with E-state index in [-0.39, 0.29) is 17.7 Å². The Balaban J connectivity index is 1.52. The summed E-state index contributed by atoms with van der Waals surface area (Å²) in [5, 5.41) is 9.22. The zero-order valence-corrected chi connectivity index (χ0v) is 18.4. The van der Waals surface area contributed by atoms with Gasteiger partial charge in [0, 0.05) is 18.7 Å². The summed E-state index contributed by atoms with van der Waals surface area (Å²) in [4.78, 5) is 11.2. The summed E-state index contributed by atoms with van der Waals surface area (Å²) in [5.74, 6) is 2.53. The number of nitrogens with zero attached hydrogens (tertiary/aromatic N) is 3. The molecular formula is C22H28N4O3S. The topological polar surface area (TPSA) is 96.2 Å². The number of thioether (sulfide) groups is 1. The Kier molecular flexibility index (Phi) is 7.20. The molecule has 7 nitrogen and oxygen atoms in total. The molecule has 0 unspecified atom stereocenters. The van der Waals surface area contributed by atoms with Crippen LogP contribution in [0.1, 0.15) is 39.2 Å². The van der Waals surface area contributed by atoms with E-state index in [1.165, 1.54) is 5.56 Å². The van der Waals surface area contributed by atoms with E-state index in [0.717, 1.165) is 23.1 Å². The van der Waals surface area contributed by atoms with Crippen molar-refractivity contribution in [3.8, 4) is 17.3 Å². The molecule has 0 spiro atoms. The average molecular weight is 429 g/mol. The molecule has 1 amide bonds. The van der Waals surface area contributed by atoms with Crippen molar-refractivity contribution in [2.24, 2.45) is 5.73 Å². The number of primary amides is 1. The minimum atomic E-state index is -0.365. The first-order valence-corrected chi connectivity index (χ1v) is 10.9. The second-order valence-corrected chi connectivity index (χ2v) is 9.04. The van der Waals surface area contributed by atoms with Crippen molar-refractivity contribution in [3.63, 3.8) is 0 Å². The fraction of sp³-hybridized carbons (Fsp3) is 0.409. The molecule has 2 heterocycles. The third kappa shape index (κ3) is 5.89. The SMILES string of the molecule is CC(C)(C)c1ccc(OCCCSc2nnc(-c3ccco3)n2CCC(N)=O)cc1. The summed E-state index contributed by atoms with van der Waals surface area (Å²) in [6.07, 6.45) is 2.65. The number of benzene rings is 1. The third-order valence-electron chi connectivity index (χ3n) is 4.55. The fourth-order valence-corrected chi connectivity index (χ4v) is 3.75. The number of amides is 1. The smallest absolute Gasteiger partial charge is 0.219 e. The van der Waals surface area contributed by atoms with Crippen LogP contribution in [0.5, 0.6) is 5.75 Å². The van der Waals surface area contributed by atoms with Crippen LogP contribution in [-0.2, 0) is 16.8 Å². The Hall–Kier alpha value is -2.74. The van der Waals surface area contributed by atoms with E-state index < -0.39 is 0 Å². The first kappa shape index (κ1) is 22.0. The van der Waals surface area contributed by atoms with Crippen LogP contribution >= 0.6 is 11.8 Å². The lowest BCUT2D eigenvalue weighted by molar-refractivity contribution is -0.118. The number of rotatable bonds is 10. The number of hydrogen-bond acceptors (Lipinski definition) is 6. The van der Waals surface area contributed by atoms with E-state index in [0.29, 0.717) is 24.7 Å². The quantitative estimate of drug-likeness (QED) is 0.383. The summed E-state index contributed by atoms with van der Waals surface area (Å²) in [5.41, 5.74) is 6.73. The van der Waals surface area contributed by atoms with Gasteiger partial charge in [-0.2, -0.15) is 0 Å². The molecule has 0 saturated heterocycles.